The van der Waals surface area contributed by atoms with Gasteiger partial charge in [-0.15, -0.1) is 0 Å². The topological polar surface area (TPSA) is 59.8 Å². The van der Waals surface area contributed by atoms with Crippen LogP contribution in [0.3, 0.4) is 0 Å². The number of aromatic nitrogens is 3. The molecule has 0 aliphatic heterocycles. The maximum atomic E-state index is 13.0. The van der Waals surface area contributed by atoms with E-state index in [9.17, 15) is 18.0 Å². The number of anilines is 1. The van der Waals surface area contributed by atoms with Gasteiger partial charge in [0.05, 0.1) is 15.7 Å². The first kappa shape index (κ1) is 17.9. The quantitative estimate of drug-likeness (QED) is 0.578. The summed E-state index contributed by atoms with van der Waals surface area (Å²) in [6.45, 7) is 0. The van der Waals surface area contributed by atoms with E-state index in [0.717, 1.165) is 16.9 Å². The van der Waals surface area contributed by atoms with Crippen molar-refractivity contribution < 1.29 is 18.0 Å². The highest BCUT2D eigenvalue weighted by Gasteiger charge is 2.39. The Balaban J connectivity index is 2.01. The summed E-state index contributed by atoms with van der Waals surface area (Å²) < 4.78 is 40.1. The van der Waals surface area contributed by atoms with E-state index in [-0.39, 0.29) is 5.69 Å². The third kappa shape index (κ3) is 3.28. The van der Waals surface area contributed by atoms with Gasteiger partial charge in [-0.3, -0.25) is 14.5 Å². The van der Waals surface area contributed by atoms with Crippen LogP contribution < -0.4 is 5.32 Å². The number of nitrogens with one attached hydrogen (secondary N) is 1. The summed E-state index contributed by atoms with van der Waals surface area (Å²) in [6, 6.07) is 6.87. The maximum absolute atomic E-state index is 13.0. The summed E-state index contributed by atoms with van der Waals surface area (Å²) in [5.41, 5.74) is -0.513. The van der Waals surface area contributed by atoms with Gasteiger partial charge in [0.15, 0.2) is 11.4 Å². The molecule has 3 rings (SSSR count). The average molecular weight is 478 g/mol. The van der Waals surface area contributed by atoms with Crippen LogP contribution in [0.1, 0.15) is 16.2 Å². The lowest BCUT2D eigenvalue weighted by atomic mass is 10.2. The van der Waals surface area contributed by atoms with Crippen molar-refractivity contribution in [3.05, 3.63) is 50.8 Å². The van der Waals surface area contributed by atoms with Crippen LogP contribution in [0.4, 0.5) is 18.9 Å². The molecule has 0 aliphatic rings. The van der Waals surface area contributed by atoms with Gasteiger partial charge in [-0.2, -0.15) is 18.3 Å². The van der Waals surface area contributed by atoms with E-state index in [1.807, 2.05) is 0 Å². The van der Waals surface area contributed by atoms with E-state index in [1.54, 1.807) is 30.5 Å². The number of fused-ring (bicyclic) bond motifs is 1. The Morgan fingerprint density at radius 3 is 2.60 bits per heavy atom. The number of benzene rings is 1. The zero-order valence-corrected chi connectivity index (χ0v) is 15.7. The van der Waals surface area contributed by atoms with Gasteiger partial charge >= 0.3 is 6.18 Å². The normalized spacial score (nSPS) is 11.8. The van der Waals surface area contributed by atoms with Crippen LogP contribution in [0.15, 0.2) is 39.4 Å². The first-order valence-corrected chi connectivity index (χ1v) is 8.43. The molecule has 0 bridgehead atoms. The molecule has 1 aromatic carbocycles. The summed E-state index contributed by atoms with van der Waals surface area (Å²) in [5.74, 6) is -0.771. The number of pyridine rings is 1. The van der Waals surface area contributed by atoms with Gasteiger partial charge in [-0.1, -0.05) is 22.0 Å². The first-order valence-electron chi connectivity index (χ1n) is 6.84. The largest absolute Gasteiger partial charge is 0.434 e. The standard InChI is InChI=1S/C15H9Br2F3N4O/c1-24-13(15(18,19)20)10(17)12(23-24)14(25)22-9-5-4-8(16)7-3-2-6-21-11(7)9/h2-6H,1H3,(H,22,25). The number of aryl methyl sites for hydroxylation is 1. The molecular formula is C15H9Br2F3N4O. The number of carbonyl (C=O) groups is 1. The Kier molecular flexibility index (Phi) is 4.58. The minimum absolute atomic E-state index is 0.359. The molecule has 0 radical (unpaired) electrons. The van der Waals surface area contributed by atoms with Gasteiger partial charge in [-0.05, 0) is 34.1 Å². The second-order valence-corrected chi connectivity index (χ2v) is 6.73. The number of nitrogens with zero attached hydrogens (tertiary/aromatic N) is 3. The van der Waals surface area contributed by atoms with Crippen LogP contribution in [0.2, 0.25) is 0 Å². The number of hydrogen-bond acceptors (Lipinski definition) is 3. The molecule has 0 atom stereocenters. The van der Waals surface area contributed by atoms with Crippen LogP contribution in [-0.4, -0.2) is 20.7 Å². The number of rotatable bonds is 2. The fourth-order valence-electron chi connectivity index (χ4n) is 2.37. The van der Waals surface area contributed by atoms with Crippen LogP contribution >= 0.6 is 31.9 Å². The third-order valence-corrected chi connectivity index (χ3v) is 4.88. The highest BCUT2D eigenvalue weighted by molar-refractivity contribution is 9.11. The minimum atomic E-state index is -4.63. The van der Waals surface area contributed by atoms with E-state index < -0.39 is 22.3 Å². The van der Waals surface area contributed by atoms with E-state index in [2.05, 4.69) is 47.3 Å². The lowest BCUT2D eigenvalue weighted by Gasteiger charge is -2.08. The number of carbonyl (C=O) groups excluding carboxylic acids is 1. The predicted molar refractivity (Wildman–Crippen MR) is 93.3 cm³/mol. The average Bonchev–Trinajstić information content (AvgIpc) is 2.85. The highest BCUT2D eigenvalue weighted by atomic mass is 79.9. The summed E-state index contributed by atoms with van der Waals surface area (Å²) >= 11 is 6.21. The molecule has 130 valence electrons. The third-order valence-electron chi connectivity index (χ3n) is 3.44. The Hall–Kier alpha value is -1.94. The molecule has 0 spiro atoms. The molecule has 0 fully saturated rings. The van der Waals surface area contributed by atoms with Crippen molar-refractivity contribution in [1.82, 2.24) is 14.8 Å². The molecule has 1 N–H and O–H groups in total. The van der Waals surface area contributed by atoms with Crippen molar-refractivity contribution in [3.8, 4) is 0 Å². The second kappa shape index (κ2) is 6.41. The lowest BCUT2D eigenvalue weighted by molar-refractivity contribution is -0.144. The minimum Gasteiger partial charge on any atom is -0.319 e. The van der Waals surface area contributed by atoms with Crippen molar-refractivity contribution in [3.63, 3.8) is 0 Å². The molecule has 25 heavy (non-hydrogen) atoms. The second-order valence-electron chi connectivity index (χ2n) is 5.08. The maximum Gasteiger partial charge on any atom is 0.434 e. The van der Waals surface area contributed by atoms with Crippen molar-refractivity contribution in [2.45, 2.75) is 6.18 Å². The number of halogens is 5. The number of amides is 1. The Bertz CT molecular complexity index is 985. The molecule has 1 amide bonds. The van der Waals surface area contributed by atoms with Crippen LogP contribution in [-0.2, 0) is 13.2 Å². The molecule has 2 aromatic heterocycles. The van der Waals surface area contributed by atoms with Crippen LogP contribution in [0, 0.1) is 0 Å². The molecule has 2 heterocycles. The molecule has 0 aliphatic carbocycles. The van der Waals surface area contributed by atoms with Crippen molar-refractivity contribution in [2.75, 3.05) is 5.32 Å². The summed E-state index contributed by atoms with van der Waals surface area (Å²) in [7, 11) is 1.13. The Morgan fingerprint density at radius 1 is 1.24 bits per heavy atom. The van der Waals surface area contributed by atoms with E-state index in [4.69, 9.17) is 0 Å². The molecule has 5 nitrogen and oxygen atoms in total. The number of hydrogen-bond donors (Lipinski definition) is 1. The smallest absolute Gasteiger partial charge is 0.319 e. The lowest BCUT2D eigenvalue weighted by Crippen LogP contribution is -2.14. The highest BCUT2D eigenvalue weighted by Crippen LogP contribution is 2.36. The first-order chi connectivity index (χ1) is 11.7. The number of alkyl halides is 3. The monoisotopic (exact) mass is 476 g/mol. The molecule has 0 unspecified atom stereocenters. The Labute approximate surface area is 156 Å². The fourth-order valence-corrected chi connectivity index (χ4v) is 3.56. The summed E-state index contributed by atoms with van der Waals surface area (Å²) in [5, 5.41) is 7.00. The van der Waals surface area contributed by atoms with Crippen LogP contribution in [0.25, 0.3) is 10.9 Å². The van der Waals surface area contributed by atoms with Crippen molar-refractivity contribution >= 4 is 54.4 Å². The van der Waals surface area contributed by atoms with Gasteiger partial charge in [0.1, 0.15) is 0 Å². The van der Waals surface area contributed by atoms with Crippen molar-refractivity contribution in [2.24, 2.45) is 7.05 Å². The molecular weight excluding hydrogens is 469 g/mol. The summed E-state index contributed by atoms with van der Waals surface area (Å²) in [4.78, 5) is 16.6. The summed E-state index contributed by atoms with van der Waals surface area (Å²) in [6.07, 6.45) is -3.08. The van der Waals surface area contributed by atoms with Gasteiger partial charge in [-0.25, -0.2) is 0 Å². The molecule has 3 aromatic rings. The van der Waals surface area contributed by atoms with E-state index >= 15 is 0 Å². The zero-order valence-electron chi connectivity index (χ0n) is 12.5. The van der Waals surface area contributed by atoms with Crippen LogP contribution in [0.5, 0.6) is 0 Å². The Morgan fingerprint density at radius 2 is 1.96 bits per heavy atom. The predicted octanol–water partition coefficient (Wildman–Crippen LogP) is 4.76. The van der Waals surface area contributed by atoms with Gasteiger partial charge < -0.3 is 5.32 Å². The zero-order chi connectivity index (χ0) is 18.4. The van der Waals surface area contributed by atoms with E-state index in [1.165, 1.54) is 0 Å². The molecule has 0 saturated carbocycles. The molecule has 0 saturated heterocycles. The van der Waals surface area contributed by atoms with E-state index in [0.29, 0.717) is 15.9 Å². The van der Waals surface area contributed by atoms with Crippen molar-refractivity contribution in [1.29, 1.82) is 0 Å². The van der Waals surface area contributed by atoms with Gasteiger partial charge in [0.2, 0.25) is 0 Å². The van der Waals surface area contributed by atoms with Gasteiger partial charge in [0, 0.05) is 23.1 Å². The molecule has 10 heteroatoms. The van der Waals surface area contributed by atoms with Gasteiger partial charge in [0.25, 0.3) is 5.91 Å². The SMILES string of the molecule is Cn1nc(C(=O)Nc2ccc(Br)c3cccnc23)c(Br)c1C(F)(F)F. The fraction of sp³-hybridized carbons (Fsp3) is 0.133.